The lowest BCUT2D eigenvalue weighted by atomic mass is 9.88. The van der Waals surface area contributed by atoms with Gasteiger partial charge in [-0.15, -0.1) is 0 Å². The van der Waals surface area contributed by atoms with E-state index in [0.29, 0.717) is 31.5 Å². The van der Waals surface area contributed by atoms with Crippen LogP contribution in [0.25, 0.3) is 0 Å². The minimum atomic E-state index is -0.715. The highest BCUT2D eigenvalue weighted by atomic mass is 19.1. The first-order valence-electron chi connectivity index (χ1n) is 10.6. The molecule has 1 saturated heterocycles. The van der Waals surface area contributed by atoms with E-state index in [1.165, 1.54) is 0 Å². The predicted octanol–water partition coefficient (Wildman–Crippen LogP) is 5.47. The molecule has 0 atom stereocenters. The van der Waals surface area contributed by atoms with Crippen LogP contribution in [0, 0.1) is 17.6 Å². The molecule has 4 nitrogen and oxygen atoms in total. The lowest BCUT2D eigenvalue weighted by molar-refractivity contribution is 0.0649. The van der Waals surface area contributed by atoms with Gasteiger partial charge < -0.3 is 9.80 Å². The normalized spacial score (nSPS) is 14.3. The van der Waals surface area contributed by atoms with Gasteiger partial charge in [0.05, 0.1) is 16.8 Å². The second-order valence-electron chi connectivity index (χ2n) is 7.97. The fourth-order valence-electron chi connectivity index (χ4n) is 4.16. The van der Waals surface area contributed by atoms with E-state index in [2.05, 4.69) is 0 Å². The summed E-state index contributed by atoms with van der Waals surface area (Å²) in [5.41, 5.74) is 2.13. The lowest BCUT2D eigenvalue weighted by Gasteiger charge is -2.32. The number of rotatable bonds is 5. The fourth-order valence-corrected chi connectivity index (χ4v) is 4.16. The molecule has 1 aliphatic heterocycles. The number of nitrogens with zero attached hydrogens (tertiary/aromatic N) is 2. The summed E-state index contributed by atoms with van der Waals surface area (Å²) in [4.78, 5) is 29.7. The summed E-state index contributed by atoms with van der Waals surface area (Å²) in [5.74, 6) is -2.29. The Hall–Kier alpha value is -3.54. The van der Waals surface area contributed by atoms with Gasteiger partial charge in [0.15, 0.2) is 5.78 Å². The Morgan fingerprint density at radius 2 is 1.53 bits per heavy atom. The minimum Gasteiger partial charge on any atom is -0.344 e. The van der Waals surface area contributed by atoms with E-state index >= 15 is 0 Å². The van der Waals surface area contributed by atoms with Crippen molar-refractivity contribution in [2.75, 3.05) is 25.0 Å². The molecular weight excluding hydrogens is 410 g/mol. The Morgan fingerprint density at radius 1 is 0.875 bits per heavy atom. The quantitative estimate of drug-likeness (QED) is 0.500. The fraction of sp³-hybridized carbons (Fsp3) is 0.231. The summed E-state index contributed by atoms with van der Waals surface area (Å²) in [6, 6.07) is 20.1. The Kier molecular flexibility index (Phi) is 6.30. The van der Waals surface area contributed by atoms with Crippen LogP contribution in [0.15, 0.2) is 72.8 Å². The van der Waals surface area contributed by atoms with E-state index in [1.807, 2.05) is 60.5 Å². The summed E-state index contributed by atoms with van der Waals surface area (Å²) >= 11 is 0. The third-order valence-electron chi connectivity index (χ3n) is 5.99. The van der Waals surface area contributed by atoms with Crippen LogP contribution in [0.4, 0.5) is 20.2 Å². The van der Waals surface area contributed by atoms with Crippen molar-refractivity contribution in [3.8, 4) is 0 Å². The molecule has 0 aliphatic carbocycles. The van der Waals surface area contributed by atoms with E-state index in [9.17, 15) is 18.4 Å². The highest BCUT2D eigenvalue weighted by Gasteiger charge is 2.30. The van der Waals surface area contributed by atoms with Gasteiger partial charge in [-0.05, 0) is 55.3 Å². The Balaban J connectivity index is 1.48. The summed E-state index contributed by atoms with van der Waals surface area (Å²) in [6.45, 7) is 0.769. The topological polar surface area (TPSA) is 40.6 Å². The molecule has 0 N–H and O–H groups in total. The molecule has 6 heteroatoms. The first-order valence-corrected chi connectivity index (χ1v) is 10.6. The number of hydrogen-bond donors (Lipinski definition) is 0. The standard InChI is InChI=1S/C26H24F2N2O2/c1-29(20-7-3-2-4-8-20)24-10-6-5-9-21(24)26(32)30-15-13-18(14-16-30)25(31)22-17-19(27)11-12-23(22)28/h2-12,17-18H,13-16H2,1H3. The third kappa shape index (κ3) is 4.40. The predicted molar refractivity (Wildman–Crippen MR) is 120 cm³/mol. The lowest BCUT2D eigenvalue weighted by Crippen LogP contribution is -2.40. The van der Waals surface area contributed by atoms with E-state index in [4.69, 9.17) is 0 Å². The Morgan fingerprint density at radius 3 is 2.25 bits per heavy atom. The second-order valence-corrected chi connectivity index (χ2v) is 7.97. The second kappa shape index (κ2) is 9.30. The molecule has 0 bridgehead atoms. The molecule has 3 aromatic rings. The molecule has 1 heterocycles. The van der Waals surface area contributed by atoms with Gasteiger partial charge in [0.25, 0.3) is 5.91 Å². The van der Waals surface area contributed by atoms with Gasteiger partial charge in [0, 0.05) is 31.7 Å². The van der Waals surface area contributed by atoms with E-state index in [0.717, 1.165) is 29.6 Å². The number of halogens is 2. The number of benzene rings is 3. The smallest absolute Gasteiger partial charge is 0.255 e. The van der Waals surface area contributed by atoms with Gasteiger partial charge in [0.1, 0.15) is 11.6 Å². The largest absolute Gasteiger partial charge is 0.344 e. The van der Waals surface area contributed by atoms with Gasteiger partial charge in [-0.1, -0.05) is 30.3 Å². The maximum Gasteiger partial charge on any atom is 0.255 e. The SMILES string of the molecule is CN(c1ccccc1)c1ccccc1C(=O)N1CCC(C(=O)c2cc(F)ccc2F)CC1. The van der Waals surface area contributed by atoms with Crippen LogP contribution in [0.3, 0.4) is 0 Å². The first-order chi connectivity index (χ1) is 15.5. The zero-order chi connectivity index (χ0) is 22.7. The van der Waals surface area contributed by atoms with Crippen molar-refractivity contribution >= 4 is 23.1 Å². The number of anilines is 2. The molecular formula is C26H24F2N2O2. The van der Waals surface area contributed by atoms with Crippen molar-refractivity contribution in [2.45, 2.75) is 12.8 Å². The van der Waals surface area contributed by atoms with Crippen LogP contribution < -0.4 is 4.90 Å². The van der Waals surface area contributed by atoms with Crippen molar-refractivity contribution in [1.29, 1.82) is 0 Å². The van der Waals surface area contributed by atoms with Crippen molar-refractivity contribution in [3.05, 3.63) is 95.6 Å². The monoisotopic (exact) mass is 434 g/mol. The van der Waals surface area contributed by atoms with Crippen molar-refractivity contribution < 1.29 is 18.4 Å². The van der Waals surface area contributed by atoms with Gasteiger partial charge in [-0.25, -0.2) is 8.78 Å². The van der Waals surface area contributed by atoms with Gasteiger partial charge >= 0.3 is 0 Å². The van der Waals surface area contributed by atoms with Crippen molar-refractivity contribution in [3.63, 3.8) is 0 Å². The first kappa shape index (κ1) is 21.7. The molecule has 1 fully saturated rings. The maximum absolute atomic E-state index is 14.0. The van der Waals surface area contributed by atoms with Gasteiger partial charge in [0.2, 0.25) is 0 Å². The minimum absolute atomic E-state index is 0.105. The molecule has 0 radical (unpaired) electrons. The number of likely N-dealkylation sites (tertiary alicyclic amines) is 1. The molecule has 1 amide bonds. The Labute approximate surface area is 186 Å². The number of amides is 1. The third-order valence-corrected chi connectivity index (χ3v) is 5.99. The maximum atomic E-state index is 14.0. The number of carbonyl (C=O) groups is 2. The number of carbonyl (C=O) groups excluding carboxylic acids is 2. The van der Waals surface area contributed by atoms with Crippen LogP contribution in [0.1, 0.15) is 33.6 Å². The summed E-state index contributed by atoms with van der Waals surface area (Å²) in [7, 11) is 1.92. The molecule has 0 spiro atoms. The van der Waals surface area contributed by atoms with Crippen LogP contribution in [-0.2, 0) is 0 Å². The number of Topliss-reactive ketones (excluding diaryl/α,β-unsaturated/α-hetero) is 1. The van der Waals surface area contributed by atoms with E-state index in [-0.39, 0.29) is 11.5 Å². The molecule has 1 aliphatic rings. The van der Waals surface area contributed by atoms with E-state index in [1.54, 1.807) is 11.0 Å². The number of hydrogen-bond acceptors (Lipinski definition) is 3. The highest BCUT2D eigenvalue weighted by Crippen LogP contribution is 2.30. The van der Waals surface area contributed by atoms with Gasteiger partial charge in [-0.2, -0.15) is 0 Å². The molecule has 164 valence electrons. The van der Waals surface area contributed by atoms with E-state index < -0.39 is 23.3 Å². The Bertz CT molecular complexity index is 1130. The molecule has 0 aromatic heterocycles. The van der Waals surface area contributed by atoms with Crippen molar-refractivity contribution in [2.24, 2.45) is 5.92 Å². The molecule has 0 unspecified atom stereocenters. The van der Waals surface area contributed by atoms with Crippen LogP contribution in [0.5, 0.6) is 0 Å². The van der Waals surface area contributed by atoms with Crippen molar-refractivity contribution in [1.82, 2.24) is 4.90 Å². The number of ketones is 1. The van der Waals surface area contributed by atoms with Crippen LogP contribution in [0.2, 0.25) is 0 Å². The van der Waals surface area contributed by atoms with Crippen LogP contribution in [-0.4, -0.2) is 36.7 Å². The van der Waals surface area contributed by atoms with Gasteiger partial charge in [-0.3, -0.25) is 9.59 Å². The average molecular weight is 434 g/mol. The zero-order valence-electron chi connectivity index (χ0n) is 17.8. The summed E-state index contributed by atoms with van der Waals surface area (Å²) in [5, 5.41) is 0. The average Bonchev–Trinajstić information content (AvgIpc) is 2.85. The summed E-state index contributed by atoms with van der Waals surface area (Å²) < 4.78 is 27.5. The van der Waals surface area contributed by atoms with Crippen LogP contribution >= 0.6 is 0 Å². The molecule has 3 aromatic carbocycles. The molecule has 0 saturated carbocycles. The molecule has 4 rings (SSSR count). The zero-order valence-corrected chi connectivity index (χ0v) is 17.8. The highest BCUT2D eigenvalue weighted by molar-refractivity contribution is 6.01. The number of para-hydroxylation sites is 2. The summed E-state index contributed by atoms with van der Waals surface area (Å²) in [6.07, 6.45) is 0.828. The number of piperidine rings is 1. The molecule has 32 heavy (non-hydrogen) atoms.